The summed E-state index contributed by atoms with van der Waals surface area (Å²) in [5, 5.41) is 2.80. The summed E-state index contributed by atoms with van der Waals surface area (Å²) in [4.78, 5) is 25.2. The molecule has 0 radical (unpaired) electrons. The number of aromatic nitrogens is 4. The van der Waals surface area contributed by atoms with Crippen LogP contribution in [0.2, 0.25) is 0 Å². The van der Waals surface area contributed by atoms with Gasteiger partial charge in [0.2, 0.25) is 0 Å². The fraction of sp³-hybridized carbons (Fsp3) is 0.667. The van der Waals surface area contributed by atoms with Crippen LogP contribution in [0.3, 0.4) is 0 Å². The summed E-state index contributed by atoms with van der Waals surface area (Å²) < 4.78 is 53.7. The largest absolute Gasteiger partial charge is 0.461 e. The van der Waals surface area contributed by atoms with Crippen LogP contribution in [-0.4, -0.2) is 57.0 Å². The monoisotopic (exact) mass is 800 g/mol. The Morgan fingerprint density at radius 3 is 2.07 bits per heavy atom. The van der Waals surface area contributed by atoms with Crippen molar-refractivity contribution in [2.45, 2.75) is 167 Å². The molecule has 3 atom stereocenters. The average molecular weight is 801 g/mol. The molecule has 0 aliphatic carbocycles. The second-order valence-electron chi connectivity index (χ2n) is 14.7. The molecule has 0 aliphatic heterocycles. The number of fused-ring (bicyclic) bond motifs is 1. The highest BCUT2D eigenvalue weighted by Gasteiger charge is 2.38. The third kappa shape index (κ3) is 16.5. The molecule has 312 valence electrons. The van der Waals surface area contributed by atoms with Gasteiger partial charge < -0.3 is 24.3 Å². The molecule has 0 amide bonds. The first-order valence-electron chi connectivity index (χ1n) is 20.7. The Bertz CT molecular complexity index is 1640. The van der Waals surface area contributed by atoms with Crippen LogP contribution in [0.4, 0.5) is 10.2 Å². The molecule has 1 aromatic carbocycles. The van der Waals surface area contributed by atoms with Gasteiger partial charge in [-0.25, -0.2) is 9.55 Å². The van der Waals surface area contributed by atoms with Gasteiger partial charge in [-0.2, -0.15) is 19.4 Å². The van der Waals surface area contributed by atoms with E-state index in [1.807, 2.05) is 0 Å². The highest BCUT2D eigenvalue weighted by Crippen LogP contribution is 2.46. The number of imidazole rings is 1. The minimum atomic E-state index is -4.27. The Morgan fingerprint density at radius 1 is 0.946 bits per heavy atom. The number of methoxy groups -OCH3 is 1. The minimum absolute atomic E-state index is 0.0880. The van der Waals surface area contributed by atoms with Crippen LogP contribution < -0.4 is 15.3 Å². The molecule has 0 saturated carbocycles. The predicted molar refractivity (Wildman–Crippen MR) is 220 cm³/mol. The van der Waals surface area contributed by atoms with E-state index < -0.39 is 31.4 Å². The maximum Gasteiger partial charge on any atom is 0.459 e. The number of hydrogen-bond acceptors (Lipinski definition) is 10. The van der Waals surface area contributed by atoms with Crippen molar-refractivity contribution >= 4 is 30.7 Å². The summed E-state index contributed by atoms with van der Waals surface area (Å²) in [5.74, 6) is 2.25. The quantitative estimate of drug-likeness (QED) is 0.0210. The summed E-state index contributed by atoms with van der Waals surface area (Å²) in [6, 6.07) is 7.48. The molecule has 0 aliphatic rings. The molecule has 56 heavy (non-hydrogen) atoms. The van der Waals surface area contributed by atoms with Crippen molar-refractivity contribution in [3.63, 3.8) is 0 Å². The van der Waals surface area contributed by atoms with E-state index in [4.69, 9.17) is 30.7 Å². The number of halogens is 1. The number of terminal acetylenes is 1. The van der Waals surface area contributed by atoms with Gasteiger partial charge in [0.15, 0.2) is 17.1 Å². The van der Waals surface area contributed by atoms with E-state index in [9.17, 15) is 13.8 Å². The van der Waals surface area contributed by atoms with Gasteiger partial charge in [-0.05, 0) is 44.7 Å². The molecule has 0 spiro atoms. The van der Waals surface area contributed by atoms with E-state index >= 15 is 0 Å². The molecule has 12 nitrogen and oxygen atoms in total. The second-order valence-corrected chi connectivity index (χ2v) is 16.4. The first-order chi connectivity index (χ1) is 27.1. The lowest BCUT2D eigenvalue weighted by Crippen LogP contribution is -2.40. The highest BCUT2D eigenvalue weighted by molar-refractivity contribution is 7.52. The Kier molecular flexibility index (Phi) is 21.4. The van der Waals surface area contributed by atoms with Gasteiger partial charge in [-0.15, -0.1) is 6.42 Å². The number of hydrogen-bond donors (Lipinski definition) is 2. The first-order valence-corrected chi connectivity index (χ1v) is 22.3. The summed E-state index contributed by atoms with van der Waals surface area (Å²) in [6.45, 7) is 5.83. The molecule has 0 saturated heterocycles. The van der Waals surface area contributed by atoms with Crippen molar-refractivity contribution in [2.75, 3.05) is 19.5 Å². The SMILES string of the molecule is C#C[C@](CCn1cnc2c(N)nc(F)nc21)(COP(=O)(N[C@@H](C)C(=O)OC(CCCCCCCCCC)CCCCCCCCCC)Oc1ccccc1)OC. The molecule has 3 aromatic rings. The number of unbranched alkanes of at least 4 members (excludes halogenated alkanes) is 14. The number of nitrogen functional groups attached to an aromatic ring is 1. The Hall–Kier alpha value is -3.56. The Balaban J connectivity index is 1.67. The summed E-state index contributed by atoms with van der Waals surface area (Å²) in [5.41, 5.74) is 4.84. The molecule has 3 rings (SSSR count). The van der Waals surface area contributed by atoms with Gasteiger partial charge in [-0.3, -0.25) is 9.32 Å². The van der Waals surface area contributed by atoms with Gasteiger partial charge in [-0.1, -0.05) is 128 Å². The van der Waals surface area contributed by atoms with Crippen LogP contribution >= 0.6 is 7.75 Å². The number of ether oxygens (including phenoxy) is 2. The van der Waals surface area contributed by atoms with Crippen LogP contribution in [0.5, 0.6) is 5.75 Å². The lowest BCUT2D eigenvalue weighted by atomic mass is 10.0. The van der Waals surface area contributed by atoms with Crippen molar-refractivity contribution in [2.24, 2.45) is 0 Å². The van der Waals surface area contributed by atoms with Crippen molar-refractivity contribution in [3.8, 4) is 18.1 Å². The van der Waals surface area contributed by atoms with Gasteiger partial charge in [0, 0.05) is 20.1 Å². The molecule has 2 aromatic heterocycles. The molecule has 0 fully saturated rings. The lowest BCUT2D eigenvalue weighted by Gasteiger charge is -2.30. The number of rotatable bonds is 31. The van der Waals surface area contributed by atoms with Crippen LogP contribution in [0.1, 0.15) is 143 Å². The van der Waals surface area contributed by atoms with Crippen molar-refractivity contribution in [1.82, 2.24) is 24.6 Å². The third-order valence-electron chi connectivity index (χ3n) is 10.1. The second kappa shape index (κ2) is 25.6. The van der Waals surface area contributed by atoms with Crippen LogP contribution in [0.25, 0.3) is 11.2 Å². The van der Waals surface area contributed by atoms with Crippen molar-refractivity contribution < 1.29 is 32.3 Å². The lowest BCUT2D eigenvalue weighted by molar-refractivity contribution is -0.151. The number of esters is 1. The zero-order chi connectivity index (χ0) is 40.7. The number of para-hydroxylation sites is 1. The first kappa shape index (κ1) is 46.8. The zero-order valence-electron chi connectivity index (χ0n) is 34.2. The molecular weight excluding hydrogens is 734 g/mol. The van der Waals surface area contributed by atoms with E-state index in [1.54, 1.807) is 41.8 Å². The number of benzene rings is 1. The fourth-order valence-electron chi connectivity index (χ4n) is 6.54. The van der Waals surface area contributed by atoms with E-state index in [1.165, 1.54) is 90.5 Å². The zero-order valence-corrected chi connectivity index (χ0v) is 35.1. The number of nitrogens with zero attached hydrogens (tertiary/aromatic N) is 4. The summed E-state index contributed by atoms with van der Waals surface area (Å²) in [6.07, 6.45) is 27.0. The van der Waals surface area contributed by atoms with Gasteiger partial charge in [0.25, 0.3) is 0 Å². The maximum absolute atomic E-state index is 14.4. The predicted octanol–water partition coefficient (Wildman–Crippen LogP) is 10.1. The fourth-order valence-corrected chi connectivity index (χ4v) is 8.08. The Morgan fingerprint density at radius 2 is 1.52 bits per heavy atom. The number of carbonyl (C=O) groups excluding carboxylic acids is 1. The number of nitrogens with two attached hydrogens (primary N) is 1. The summed E-state index contributed by atoms with van der Waals surface area (Å²) >= 11 is 0. The highest BCUT2D eigenvalue weighted by atomic mass is 31.2. The average Bonchev–Trinajstić information content (AvgIpc) is 3.60. The number of aryl methyl sites for hydroxylation is 1. The van der Waals surface area contributed by atoms with E-state index in [2.05, 4.69) is 39.8 Å². The Labute approximate surface area is 334 Å². The van der Waals surface area contributed by atoms with Gasteiger partial charge in [0.1, 0.15) is 23.4 Å². The molecule has 14 heteroatoms. The van der Waals surface area contributed by atoms with E-state index in [0.29, 0.717) is 0 Å². The molecular formula is C42H66FN6O6P. The summed E-state index contributed by atoms with van der Waals surface area (Å²) in [7, 11) is -2.86. The number of carbonyl (C=O) groups is 1. The topological polar surface area (TPSA) is 153 Å². The van der Waals surface area contributed by atoms with E-state index in [0.717, 1.165) is 38.5 Å². The molecule has 0 bridgehead atoms. The van der Waals surface area contributed by atoms with Crippen molar-refractivity contribution in [3.05, 3.63) is 42.7 Å². The number of nitrogens with one attached hydrogen (secondary N) is 1. The van der Waals surface area contributed by atoms with Crippen LogP contribution in [0.15, 0.2) is 36.7 Å². The number of anilines is 1. The van der Waals surface area contributed by atoms with Crippen molar-refractivity contribution in [1.29, 1.82) is 0 Å². The van der Waals surface area contributed by atoms with E-state index in [-0.39, 0.29) is 48.4 Å². The van der Waals surface area contributed by atoms with Crippen LogP contribution in [-0.2, 0) is 29.9 Å². The molecule has 1 unspecified atom stereocenters. The molecule has 2 heterocycles. The molecule has 3 N–H and O–H groups in total. The smallest absolute Gasteiger partial charge is 0.459 e. The maximum atomic E-state index is 14.4. The third-order valence-corrected chi connectivity index (χ3v) is 11.7. The normalized spacial score (nSPS) is 14.3. The van der Waals surface area contributed by atoms with Crippen LogP contribution in [0, 0.1) is 18.4 Å². The van der Waals surface area contributed by atoms with Gasteiger partial charge in [0.05, 0.1) is 12.9 Å². The minimum Gasteiger partial charge on any atom is -0.461 e. The standard InChI is InChI=1S/C42H66FN6O6P/c1-6-9-11-13-15-17-19-22-26-35(27-23-20-18-16-14-12-10-7-2)54-40(50)34(4)48-56(51,55-36-28-24-21-25-29-36)53-32-42(8-3,52-5)30-31-49-33-45-37-38(44)46-41(43)47-39(37)49/h3,21,24-25,28-29,33-35H,6-7,9-20,22-23,26-27,30-32H2,1-2,4-5H3,(H,48,51)(H2,44,46,47)/t34-,42-,56?/m0/s1. The van der Waals surface area contributed by atoms with Gasteiger partial charge >= 0.3 is 19.8 Å².